The molecule has 2 bridgehead atoms. The third-order valence-electron chi connectivity index (χ3n) is 7.01. The number of fused-ring (bicyclic) bond motifs is 2. The molecule has 0 fully saturated rings. The molecule has 2 heterocycles. The van der Waals surface area contributed by atoms with Crippen LogP contribution in [0.5, 0.6) is 0 Å². The SMILES string of the molecule is CC(C)CC(NC(=O)C(CC(=O)OCc1ccccc1)C(C)C)C(=O)CC1Cn2cnc(c2)CCNC(=O)C1=O. The molecule has 0 spiro atoms. The summed E-state index contributed by atoms with van der Waals surface area (Å²) in [6.07, 6.45) is 3.93. The largest absolute Gasteiger partial charge is 0.461 e. The van der Waals surface area contributed by atoms with Crippen molar-refractivity contribution in [3.63, 3.8) is 0 Å². The number of hydrogen-bond acceptors (Lipinski definition) is 7. The highest BCUT2D eigenvalue weighted by Gasteiger charge is 2.34. The highest BCUT2D eigenvalue weighted by atomic mass is 16.5. The molecular formula is C30H40N4O6. The number of carbonyl (C=O) groups excluding carboxylic acids is 5. The van der Waals surface area contributed by atoms with Crippen molar-refractivity contribution in [3.05, 3.63) is 54.1 Å². The van der Waals surface area contributed by atoms with E-state index in [-0.39, 0.29) is 50.2 Å². The van der Waals surface area contributed by atoms with Crippen LogP contribution >= 0.6 is 0 Å². The summed E-state index contributed by atoms with van der Waals surface area (Å²) in [5.41, 5.74) is 1.63. The molecule has 0 aliphatic carbocycles. The van der Waals surface area contributed by atoms with E-state index in [1.165, 1.54) is 0 Å². The lowest BCUT2D eigenvalue weighted by atomic mass is 9.88. The predicted molar refractivity (Wildman–Crippen MR) is 148 cm³/mol. The fraction of sp³-hybridized carbons (Fsp3) is 0.533. The lowest BCUT2D eigenvalue weighted by Crippen LogP contribution is -2.47. The van der Waals surface area contributed by atoms with Crippen molar-refractivity contribution in [2.45, 2.75) is 72.6 Å². The fourth-order valence-corrected chi connectivity index (χ4v) is 4.72. The number of aromatic nitrogens is 2. The van der Waals surface area contributed by atoms with Gasteiger partial charge in [-0.2, -0.15) is 0 Å². The molecule has 3 rings (SSSR count). The molecule has 1 aromatic carbocycles. The second-order valence-corrected chi connectivity index (χ2v) is 11.2. The van der Waals surface area contributed by atoms with E-state index in [9.17, 15) is 24.0 Å². The van der Waals surface area contributed by atoms with Crippen molar-refractivity contribution < 1.29 is 28.7 Å². The number of carbonyl (C=O) groups is 5. The Morgan fingerprint density at radius 1 is 1.12 bits per heavy atom. The normalized spacial score (nSPS) is 17.2. The van der Waals surface area contributed by atoms with Crippen LogP contribution < -0.4 is 10.6 Å². The van der Waals surface area contributed by atoms with Gasteiger partial charge in [0.2, 0.25) is 11.7 Å². The number of Topliss-reactive ketones (excluding diaryl/α,β-unsaturated/α-hetero) is 2. The third-order valence-corrected chi connectivity index (χ3v) is 7.01. The number of nitrogens with zero attached hydrogens (tertiary/aromatic N) is 2. The van der Waals surface area contributed by atoms with Crippen LogP contribution in [0, 0.1) is 23.7 Å². The quantitative estimate of drug-likeness (QED) is 0.305. The maximum atomic E-state index is 13.5. The Balaban J connectivity index is 1.68. The van der Waals surface area contributed by atoms with Crippen LogP contribution in [0.1, 0.15) is 58.2 Å². The molecule has 1 aromatic heterocycles. The van der Waals surface area contributed by atoms with Crippen molar-refractivity contribution >= 4 is 29.4 Å². The number of hydrogen-bond donors (Lipinski definition) is 2. The maximum absolute atomic E-state index is 13.5. The summed E-state index contributed by atoms with van der Waals surface area (Å²) < 4.78 is 7.10. The molecule has 0 saturated heterocycles. The van der Waals surface area contributed by atoms with Gasteiger partial charge in [-0.1, -0.05) is 58.0 Å². The van der Waals surface area contributed by atoms with Gasteiger partial charge in [0.1, 0.15) is 6.61 Å². The molecule has 2 amide bonds. The van der Waals surface area contributed by atoms with E-state index in [0.29, 0.717) is 12.8 Å². The Labute approximate surface area is 235 Å². The van der Waals surface area contributed by atoms with Gasteiger partial charge in [0.15, 0.2) is 5.78 Å². The van der Waals surface area contributed by atoms with Crippen molar-refractivity contribution in [1.29, 1.82) is 0 Å². The monoisotopic (exact) mass is 552 g/mol. The van der Waals surface area contributed by atoms with Crippen LogP contribution in [0.4, 0.5) is 0 Å². The summed E-state index contributed by atoms with van der Waals surface area (Å²) in [4.78, 5) is 69.1. The lowest BCUT2D eigenvalue weighted by Gasteiger charge is -2.26. The van der Waals surface area contributed by atoms with Crippen molar-refractivity contribution in [2.75, 3.05) is 6.54 Å². The zero-order valence-corrected chi connectivity index (χ0v) is 23.7. The molecule has 3 atom stereocenters. The molecule has 216 valence electrons. The molecule has 2 aromatic rings. The van der Waals surface area contributed by atoms with Gasteiger partial charge >= 0.3 is 5.97 Å². The van der Waals surface area contributed by atoms with E-state index in [1.807, 2.05) is 58.0 Å². The van der Waals surface area contributed by atoms with Crippen molar-refractivity contribution in [1.82, 2.24) is 20.2 Å². The number of benzene rings is 1. The van der Waals surface area contributed by atoms with Crippen molar-refractivity contribution in [3.8, 4) is 0 Å². The molecule has 0 radical (unpaired) electrons. The molecule has 2 N–H and O–H groups in total. The number of esters is 1. The third kappa shape index (κ3) is 9.14. The van der Waals surface area contributed by atoms with E-state index >= 15 is 0 Å². The summed E-state index contributed by atoms with van der Waals surface area (Å²) >= 11 is 0. The predicted octanol–water partition coefficient (Wildman–Crippen LogP) is 2.64. The van der Waals surface area contributed by atoms with Crippen LogP contribution in [-0.2, 0) is 48.3 Å². The molecular weight excluding hydrogens is 512 g/mol. The van der Waals surface area contributed by atoms with Crippen LogP contribution in [0.3, 0.4) is 0 Å². The minimum atomic E-state index is -0.895. The van der Waals surface area contributed by atoms with Crippen LogP contribution in [0.15, 0.2) is 42.9 Å². The molecule has 1 aliphatic heterocycles. The van der Waals surface area contributed by atoms with Gasteiger partial charge in [-0.25, -0.2) is 4.98 Å². The van der Waals surface area contributed by atoms with E-state index in [4.69, 9.17) is 4.74 Å². The second-order valence-electron chi connectivity index (χ2n) is 11.2. The van der Waals surface area contributed by atoms with Crippen LogP contribution in [-0.4, -0.2) is 51.5 Å². The van der Waals surface area contributed by atoms with Gasteiger partial charge in [-0.3, -0.25) is 24.0 Å². The summed E-state index contributed by atoms with van der Waals surface area (Å²) in [6, 6.07) is 8.41. The van der Waals surface area contributed by atoms with Gasteiger partial charge < -0.3 is 19.9 Å². The van der Waals surface area contributed by atoms with Crippen molar-refractivity contribution in [2.24, 2.45) is 23.7 Å². The first kappa shape index (κ1) is 30.7. The topological polar surface area (TPSA) is 136 Å². The van der Waals surface area contributed by atoms with Gasteiger partial charge in [-0.15, -0.1) is 0 Å². The molecule has 1 aliphatic rings. The second kappa shape index (κ2) is 14.5. The molecule has 10 nitrogen and oxygen atoms in total. The molecule has 40 heavy (non-hydrogen) atoms. The number of amides is 2. The zero-order chi connectivity index (χ0) is 29.2. The van der Waals surface area contributed by atoms with E-state index < -0.39 is 41.4 Å². The first-order valence-electron chi connectivity index (χ1n) is 13.9. The summed E-state index contributed by atoms with van der Waals surface area (Å²) in [5.74, 6) is -4.34. The average molecular weight is 553 g/mol. The van der Waals surface area contributed by atoms with Gasteiger partial charge in [-0.05, 0) is 23.8 Å². The lowest BCUT2D eigenvalue weighted by molar-refractivity contribution is -0.149. The zero-order valence-electron chi connectivity index (χ0n) is 23.7. The van der Waals surface area contributed by atoms with Gasteiger partial charge in [0, 0.05) is 32.1 Å². The molecule has 10 heteroatoms. The minimum absolute atomic E-state index is 0.0711. The van der Waals surface area contributed by atoms with E-state index in [0.717, 1.165) is 11.3 Å². The summed E-state index contributed by atoms with van der Waals surface area (Å²) in [6.45, 7) is 8.07. The summed E-state index contributed by atoms with van der Waals surface area (Å²) in [5, 5.41) is 5.45. The number of rotatable bonds is 12. The van der Waals surface area contributed by atoms with Gasteiger partial charge in [0.05, 0.1) is 36.3 Å². The van der Waals surface area contributed by atoms with Gasteiger partial charge in [0.25, 0.3) is 5.91 Å². The van der Waals surface area contributed by atoms with Crippen LogP contribution in [0.25, 0.3) is 0 Å². The minimum Gasteiger partial charge on any atom is -0.461 e. The number of imidazole rings is 1. The van der Waals surface area contributed by atoms with E-state index in [1.54, 1.807) is 17.1 Å². The number of nitrogens with one attached hydrogen (secondary N) is 2. The Morgan fingerprint density at radius 3 is 2.52 bits per heavy atom. The Bertz CT molecular complexity index is 1190. The Kier molecular flexibility index (Phi) is 11.2. The van der Waals surface area contributed by atoms with Crippen LogP contribution in [0.2, 0.25) is 0 Å². The average Bonchev–Trinajstić information content (AvgIpc) is 3.35. The number of ether oxygens (including phenoxy) is 1. The van der Waals surface area contributed by atoms with E-state index in [2.05, 4.69) is 15.6 Å². The maximum Gasteiger partial charge on any atom is 0.306 e. The highest BCUT2D eigenvalue weighted by molar-refractivity contribution is 6.37. The first-order chi connectivity index (χ1) is 19.0. The smallest absolute Gasteiger partial charge is 0.306 e. The standard InChI is InChI=1S/C30H40N4O6/c1-19(2)12-25(26(35)13-22-15-34-16-23(32-18-34)10-11-31-30(39)28(22)37)33-29(38)24(20(3)4)14-27(36)40-17-21-8-6-5-7-9-21/h5-9,16,18-20,22,24-25H,10-15,17H2,1-4H3,(H,31,39)(H,33,38). The highest BCUT2D eigenvalue weighted by Crippen LogP contribution is 2.20. The molecule has 3 unspecified atom stereocenters. The summed E-state index contributed by atoms with van der Waals surface area (Å²) in [7, 11) is 0. The molecule has 0 saturated carbocycles. The Morgan fingerprint density at radius 2 is 1.85 bits per heavy atom. The first-order valence-corrected chi connectivity index (χ1v) is 13.9. The fourth-order valence-electron chi connectivity index (χ4n) is 4.72. The number of ketones is 2. The Hall–Kier alpha value is -3.82.